The lowest BCUT2D eigenvalue weighted by Crippen LogP contribution is -2.48. The zero-order valence-electron chi connectivity index (χ0n) is 26.5. The Morgan fingerprint density at radius 3 is 1.46 bits per heavy atom. The molecule has 0 saturated carbocycles. The van der Waals surface area contributed by atoms with Crippen LogP contribution >= 0.6 is 0 Å². The predicted octanol–water partition coefficient (Wildman–Crippen LogP) is 3.05. The van der Waals surface area contributed by atoms with Gasteiger partial charge in [0.2, 0.25) is 12.2 Å². The topological polar surface area (TPSA) is 209 Å². The number of esters is 4. The van der Waals surface area contributed by atoms with E-state index in [1.807, 2.05) is 0 Å². The minimum Gasteiger partial charge on any atom is -0.497 e. The van der Waals surface area contributed by atoms with E-state index >= 15 is 0 Å². The maximum atomic E-state index is 13.7. The van der Waals surface area contributed by atoms with Gasteiger partial charge in [-0.25, -0.2) is 14.4 Å². The van der Waals surface area contributed by atoms with E-state index in [4.69, 9.17) is 37.9 Å². The molecule has 16 nitrogen and oxygen atoms in total. The number of carboxylic acid groups (broad SMARTS) is 1. The summed E-state index contributed by atoms with van der Waals surface area (Å²) in [6.45, 7) is 2.30. The molecule has 0 unspecified atom stereocenters. The third-order valence-electron chi connectivity index (χ3n) is 6.22. The molecule has 0 fully saturated rings. The van der Waals surface area contributed by atoms with E-state index < -0.39 is 48.0 Å². The summed E-state index contributed by atoms with van der Waals surface area (Å²) < 4.78 is 41.3. The summed E-state index contributed by atoms with van der Waals surface area (Å²) in [5, 5.41) is 12.5. The van der Waals surface area contributed by atoms with Crippen molar-refractivity contribution < 1.29 is 71.8 Å². The fourth-order valence-electron chi connectivity index (χ4n) is 4.04. The first kappa shape index (κ1) is 36.2. The highest BCUT2D eigenvalue weighted by molar-refractivity contribution is 6.02. The van der Waals surface area contributed by atoms with Crippen molar-refractivity contribution in [1.29, 1.82) is 0 Å². The molecule has 0 spiro atoms. The molecule has 48 heavy (non-hydrogen) atoms. The lowest BCUT2D eigenvalue weighted by molar-refractivity contribution is -0.157. The highest BCUT2D eigenvalue weighted by Crippen LogP contribution is 2.32. The zero-order valence-corrected chi connectivity index (χ0v) is 26.5. The number of benzene rings is 3. The number of anilines is 1. The summed E-state index contributed by atoms with van der Waals surface area (Å²) in [6, 6.07) is 11.3. The van der Waals surface area contributed by atoms with Crippen LogP contribution in [0.4, 0.5) is 5.69 Å². The van der Waals surface area contributed by atoms with E-state index in [2.05, 4.69) is 5.32 Å². The Hall–Kier alpha value is -6.32. The third kappa shape index (κ3) is 9.12. The smallest absolute Gasteiger partial charge is 0.349 e. The molecule has 0 radical (unpaired) electrons. The highest BCUT2D eigenvalue weighted by Gasteiger charge is 2.41. The first-order valence-corrected chi connectivity index (χ1v) is 13.7. The molecule has 0 aliphatic heterocycles. The summed E-state index contributed by atoms with van der Waals surface area (Å²) >= 11 is 0. The molecule has 1 amide bonds. The lowest BCUT2D eigenvalue weighted by atomic mass is 10.1. The lowest BCUT2D eigenvalue weighted by Gasteiger charge is -2.24. The Morgan fingerprint density at radius 1 is 0.583 bits per heavy atom. The SMILES string of the molecule is COc1ccc(OC)c(NC(=O)[C@H](OC(=O)c2ccc(OC(C)=O)c(OC)c2)[C@H](OC(=O)c2ccc(OC(C)=O)c(OC)c2)C(=O)O)c1. The van der Waals surface area contributed by atoms with E-state index in [9.17, 15) is 33.9 Å². The van der Waals surface area contributed by atoms with Gasteiger partial charge in [0, 0.05) is 19.9 Å². The van der Waals surface area contributed by atoms with Crippen molar-refractivity contribution >= 4 is 41.4 Å². The van der Waals surface area contributed by atoms with Crippen LogP contribution in [0.3, 0.4) is 0 Å². The normalized spacial score (nSPS) is 11.5. The molecule has 0 aliphatic rings. The van der Waals surface area contributed by atoms with E-state index in [1.54, 1.807) is 0 Å². The number of hydrogen-bond donors (Lipinski definition) is 2. The molecule has 0 heterocycles. The molecule has 3 rings (SSSR count). The van der Waals surface area contributed by atoms with Crippen LogP contribution in [-0.2, 0) is 28.7 Å². The van der Waals surface area contributed by atoms with Gasteiger partial charge in [0.15, 0.2) is 23.0 Å². The average Bonchev–Trinajstić information content (AvgIpc) is 3.05. The Bertz CT molecular complexity index is 1720. The molecule has 16 heteroatoms. The van der Waals surface area contributed by atoms with Gasteiger partial charge in [-0.1, -0.05) is 0 Å². The Balaban J connectivity index is 2.03. The van der Waals surface area contributed by atoms with Crippen LogP contribution in [0.2, 0.25) is 0 Å². The molecular weight excluding hydrogens is 638 g/mol. The number of hydrogen-bond acceptors (Lipinski definition) is 14. The van der Waals surface area contributed by atoms with Crippen molar-refractivity contribution in [3.63, 3.8) is 0 Å². The average molecular weight is 670 g/mol. The van der Waals surface area contributed by atoms with Crippen molar-refractivity contribution in [1.82, 2.24) is 0 Å². The molecule has 0 saturated heterocycles. The Kier molecular flexibility index (Phi) is 12.3. The summed E-state index contributed by atoms with van der Waals surface area (Å²) in [4.78, 5) is 75.5. The van der Waals surface area contributed by atoms with Gasteiger partial charge in [-0.15, -0.1) is 0 Å². The molecule has 2 N–H and O–H groups in total. The number of aliphatic carboxylic acids is 1. The molecule has 0 aromatic heterocycles. The van der Waals surface area contributed by atoms with Crippen molar-refractivity contribution in [3.8, 4) is 34.5 Å². The molecule has 3 aromatic rings. The van der Waals surface area contributed by atoms with Crippen molar-refractivity contribution in [2.24, 2.45) is 0 Å². The molecular formula is C32H31NO15. The summed E-state index contributed by atoms with van der Waals surface area (Å²) in [5.41, 5.74) is -0.517. The number of amides is 1. The maximum absolute atomic E-state index is 13.7. The predicted molar refractivity (Wildman–Crippen MR) is 163 cm³/mol. The van der Waals surface area contributed by atoms with Crippen molar-refractivity contribution in [2.75, 3.05) is 33.8 Å². The van der Waals surface area contributed by atoms with Crippen LogP contribution < -0.4 is 33.7 Å². The third-order valence-corrected chi connectivity index (χ3v) is 6.22. The number of methoxy groups -OCH3 is 4. The van der Waals surface area contributed by atoms with Gasteiger partial charge in [0.05, 0.1) is 45.3 Å². The zero-order chi connectivity index (χ0) is 35.5. The molecule has 2 atom stereocenters. The van der Waals surface area contributed by atoms with Crippen LogP contribution in [0.25, 0.3) is 0 Å². The number of carboxylic acids is 1. The van der Waals surface area contributed by atoms with Crippen LogP contribution in [0.1, 0.15) is 34.6 Å². The van der Waals surface area contributed by atoms with Gasteiger partial charge in [-0.3, -0.25) is 14.4 Å². The Labute approximate surface area is 273 Å². The van der Waals surface area contributed by atoms with Crippen molar-refractivity contribution in [3.05, 3.63) is 65.7 Å². The molecule has 3 aromatic carbocycles. The Morgan fingerprint density at radius 2 is 1.04 bits per heavy atom. The molecule has 0 aliphatic carbocycles. The highest BCUT2D eigenvalue weighted by atomic mass is 16.6. The van der Waals surface area contributed by atoms with E-state index in [0.717, 1.165) is 32.0 Å². The number of nitrogens with one attached hydrogen (secondary N) is 1. The van der Waals surface area contributed by atoms with Gasteiger partial charge in [0.1, 0.15) is 11.5 Å². The van der Waals surface area contributed by atoms with Gasteiger partial charge >= 0.3 is 29.8 Å². The second-order valence-corrected chi connectivity index (χ2v) is 9.46. The van der Waals surface area contributed by atoms with E-state index in [1.165, 1.54) is 64.8 Å². The number of rotatable bonds is 14. The number of carbonyl (C=O) groups excluding carboxylic acids is 5. The monoisotopic (exact) mass is 669 g/mol. The largest absolute Gasteiger partial charge is 0.497 e. The fourth-order valence-corrected chi connectivity index (χ4v) is 4.04. The summed E-state index contributed by atoms with van der Waals surface area (Å²) in [6.07, 6.45) is -4.73. The van der Waals surface area contributed by atoms with Gasteiger partial charge in [-0.2, -0.15) is 0 Å². The second kappa shape index (κ2) is 16.3. The van der Waals surface area contributed by atoms with Crippen molar-refractivity contribution in [2.45, 2.75) is 26.1 Å². The van der Waals surface area contributed by atoms with Gasteiger partial charge < -0.3 is 48.3 Å². The van der Waals surface area contributed by atoms with Gasteiger partial charge in [0.25, 0.3) is 5.91 Å². The molecule has 254 valence electrons. The van der Waals surface area contributed by atoms with E-state index in [0.29, 0.717) is 0 Å². The second-order valence-electron chi connectivity index (χ2n) is 9.46. The minimum atomic E-state index is -2.42. The first-order chi connectivity index (χ1) is 22.8. The fraction of sp³-hybridized carbons (Fsp3) is 0.250. The van der Waals surface area contributed by atoms with Crippen LogP contribution in [0.5, 0.6) is 34.5 Å². The molecule has 0 bridgehead atoms. The maximum Gasteiger partial charge on any atom is 0.349 e. The van der Waals surface area contributed by atoms with E-state index in [-0.39, 0.29) is 51.3 Å². The quantitative estimate of drug-likeness (QED) is 0.187. The van der Waals surface area contributed by atoms with Crippen LogP contribution in [0.15, 0.2) is 54.6 Å². The van der Waals surface area contributed by atoms with Crippen LogP contribution in [0, 0.1) is 0 Å². The van der Waals surface area contributed by atoms with Gasteiger partial charge in [-0.05, 0) is 48.5 Å². The number of carbonyl (C=O) groups is 6. The standard InChI is InChI=1S/C32H31NO15/c1-16(34)45-23-10-7-18(13-25(23)43-5)31(39)47-27(29(36)33-21-15-20(41-3)9-12-22(21)42-4)28(30(37)38)48-32(40)19-8-11-24(46-17(2)35)26(14-19)44-6/h7-15,27-28H,1-6H3,(H,33,36)(H,37,38)/t27-,28+/m1/s1. The number of ether oxygens (including phenoxy) is 8. The minimum absolute atomic E-state index is 0.00318. The van der Waals surface area contributed by atoms with Crippen LogP contribution in [-0.4, -0.2) is 81.5 Å². The summed E-state index contributed by atoms with van der Waals surface area (Å²) in [5.74, 6) is -6.73. The summed E-state index contributed by atoms with van der Waals surface area (Å²) in [7, 11) is 5.15. The first-order valence-electron chi connectivity index (χ1n) is 13.7.